The summed E-state index contributed by atoms with van der Waals surface area (Å²) >= 11 is 5.81. The summed E-state index contributed by atoms with van der Waals surface area (Å²) in [6.07, 6.45) is 5.48. The molecular weight excluding hydrogens is 340 g/mol. The number of aromatic nitrogens is 3. The van der Waals surface area contributed by atoms with Crippen molar-refractivity contribution >= 4 is 17.5 Å². The van der Waals surface area contributed by atoms with E-state index in [0.29, 0.717) is 29.7 Å². The first-order chi connectivity index (χ1) is 12.2. The molecule has 3 rings (SSSR count). The van der Waals surface area contributed by atoms with Gasteiger partial charge in [-0.2, -0.15) is 5.10 Å². The van der Waals surface area contributed by atoms with Gasteiger partial charge in [-0.1, -0.05) is 11.6 Å². The van der Waals surface area contributed by atoms with E-state index in [0.717, 1.165) is 5.56 Å². The maximum atomic E-state index is 11.9. The Morgan fingerprint density at radius 1 is 1.20 bits per heavy atom. The van der Waals surface area contributed by atoms with Crippen LogP contribution in [0.4, 0.5) is 0 Å². The molecule has 0 saturated heterocycles. The van der Waals surface area contributed by atoms with E-state index >= 15 is 0 Å². The van der Waals surface area contributed by atoms with Crippen LogP contribution in [-0.2, 0) is 11.3 Å². The molecule has 1 amide bonds. The molecule has 0 saturated carbocycles. The van der Waals surface area contributed by atoms with Crippen molar-refractivity contribution in [2.24, 2.45) is 0 Å². The highest BCUT2D eigenvalue weighted by Gasteiger charge is 2.04. The second-order valence-electron chi connectivity index (χ2n) is 5.30. The Kier molecular flexibility index (Phi) is 5.64. The summed E-state index contributed by atoms with van der Waals surface area (Å²) in [5, 5.41) is 7.66. The summed E-state index contributed by atoms with van der Waals surface area (Å²) in [5.41, 5.74) is 0.951. The van der Waals surface area contributed by atoms with Gasteiger partial charge in [0.15, 0.2) is 5.82 Å². The second-order valence-corrected chi connectivity index (χ2v) is 5.74. The van der Waals surface area contributed by atoms with Crippen molar-refractivity contribution < 1.29 is 9.53 Å². The SMILES string of the molecule is O=C(CCOc1ccc(Cl)cc1)NCc1ccnc(-n2cccn2)c1. The number of benzene rings is 1. The number of ether oxygens (including phenoxy) is 1. The third-order valence-electron chi connectivity index (χ3n) is 3.45. The topological polar surface area (TPSA) is 69.0 Å². The fourth-order valence-corrected chi connectivity index (χ4v) is 2.31. The maximum absolute atomic E-state index is 11.9. The van der Waals surface area contributed by atoms with Crippen LogP contribution in [-0.4, -0.2) is 27.3 Å². The third kappa shape index (κ3) is 5.06. The molecule has 0 radical (unpaired) electrons. The number of hydrogen-bond acceptors (Lipinski definition) is 4. The van der Waals surface area contributed by atoms with Crippen molar-refractivity contribution in [3.8, 4) is 11.6 Å². The zero-order valence-electron chi connectivity index (χ0n) is 13.4. The van der Waals surface area contributed by atoms with Gasteiger partial charge in [-0.15, -0.1) is 0 Å². The quantitative estimate of drug-likeness (QED) is 0.706. The van der Waals surface area contributed by atoms with Crippen molar-refractivity contribution in [1.29, 1.82) is 0 Å². The first-order valence-corrected chi connectivity index (χ1v) is 8.18. The molecule has 6 nitrogen and oxygen atoms in total. The van der Waals surface area contributed by atoms with Gasteiger partial charge in [0.05, 0.1) is 13.0 Å². The summed E-state index contributed by atoms with van der Waals surface area (Å²) in [5.74, 6) is 1.32. The van der Waals surface area contributed by atoms with Gasteiger partial charge >= 0.3 is 0 Å². The van der Waals surface area contributed by atoms with Crippen LogP contribution >= 0.6 is 11.6 Å². The molecule has 0 fully saturated rings. The Hall–Kier alpha value is -2.86. The third-order valence-corrected chi connectivity index (χ3v) is 3.70. The molecule has 2 heterocycles. The van der Waals surface area contributed by atoms with E-state index in [4.69, 9.17) is 16.3 Å². The minimum Gasteiger partial charge on any atom is -0.493 e. The first kappa shape index (κ1) is 17.0. The van der Waals surface area contributed by atoms with Crippen molar-refractivity contribution in [3.63, 3.8) is 0 Å². The van der Waals surface area contributed by atoms with Crippen LogP contribution in [0.5, 0.6) is 5.75 Å². The number of rotatable bonds is 7. The van der Waals surface area contributed by atoms with Gasteiger partial charge in [0.1, 0.15) is 5.75 Å². The molecule has 1 N–H and O–H groups in total. The molecule has 128 valence electrons. The second kappa shape index (κ2) is 8.30. The maximum Gasteiger partial charge on any atom is 0.223 e. The lowest BCUT2D eigenvalue weighted by Crippen LogP contribution is -2.24. The number of carbonyl (C=O) groups is 1. The largest absolute Gasteiger partial charge is 0.493 e. The fourth-order valence-electron chi connectivity index (χ4n) is 2.18. The summed E-state index contributed by atoms with van der Waals surface area (Å²) in [4.78, 5) is 16.2. The zero-order chi connectivity index (χ0) is 17.5. The molecule has 0 bridgehead atoms. The molecule has 25 heavy (non-hydrogen) atoms. The highest BCUT2D eigenvalue weighted by molar-refractivity contribution is 6.30. The van der Waals surface area contributed by atoms with Gasteiger partial charge < -0.3 is 10.1 Å². The van der Waals surface area contributed by atoms with E-state index in [1.807, 2.05) is 24.4 Å². The Bertz CT molecular complexity index is 819. The van der Waals surface area contributed by atoms with E-state index < -0.39 is 0 Å². The number of halogens is 1. The van der Waals surface area contributed by atoms with Crippen LogP contribution in [0.15, 0.2) is 61.1 Å². The predicted molar refractivity (Wildman–Crippen MR) is 94.8 cm³/mol. The number of carbonyl (C=O) groups excluding carboxylic acids is 1. The Labute approximate surface area is 150 Å². The van der Waals surface area contributed by atoms with Gasteiger partial charge in [-0.3, -0.25) is 4.79 Å². The zero-order valence-corrected chi connectivity index (χ0v) is 14.2. The normalized spacial score (nSPS) is 10.4. The number of nitrogens with one attached hydrogen (secondary N) is 1. The lowest BCUT2D eigenvalue weighted by Gasteiger charge is -2.08. The molecule has 0 aliphatic rings. The first-order valence-electron chi connectivity index (χ1n) is 7.81. The van der Waals surface area contributed by atoms with Crippen LogP contribution in [0, 0.1) is 0 Å². The molecular formula is C18H17ClN4O2. The van der Waals surface area contributed by atoms with E-state index in [-0.39, 0.29) is 12.3 Å². The van der Waals surface area contributed by atoms with Gasteiger partial charge in [0.2, 0.25) is 5.91 Å². The summed E-state index contributed by atoms with van der Waals surface area (Å²) in [6.45, 7) is 0.735. The van der Waals surface area contributed by atoms with Crippen molar-refractivity contribution in [1.82, 2.24) is 20.1 Å². The highest BCUT2D eigenvalue weighted by atomic mass is 35.5. The standard InChI is InChI=1S/C18H17ClN4O2/c19-15-2-4-16(5-3-15)25-11-7-18(24)21-13-14-6-9-20-17(12-14)23-10-1-8-22-23/h1-6,8-10,12H,7,11,13H2,(H,21,24). The molecule has 7 heteroatoms. The van der Waals surface area contributed by atoms with E-state index in [9.17, 15) is 4.79 Å². The van der Waals surface area contributed by atoms with Crippen molar-refractivity contribution in [2.45, 2.75) is 13.0 Å². The molecule has 0 unspecified atom stereocenters. The number of pyridine rings is 1. The Morgan fingerprint density at radius 3 is 2.80 bits per heavy atom. The summed E-state index contributed by atoms with van der Waals surface area (Å²) in [6, 6.07) is 12.6. The fraction of sp³-hybridized carbons (Fsp3) is 0.167. The van der Waals surface area contributed by atoms with Gasteiger partial charge in [0, 0.05) is 30.2 Å². The molecule has 0 spiro atoms. The summed E-state index contributed by atoms with van der Waals surface area (Å²) < 4.78 is 7.18. The Balaban J connectivity index is 1.44. The van der Waals surface area contributed by atoms with E-state index in [1.54, 1.807) is 41.3 Å². The van der Waals surface area contributed by atoms with Crippen LogP contribution in [0.25, 0.3) is 5.82 Å². The molecule has 2 aromatic heterocycles. The van der Waals surface area contributed by atoms with Gasteiger partial charge in [-0.25, -0.2) is 9.67 Å². The average Bonchev–Trinajstić information content (AvgIpc) is 3.17. The van der Waals surface area contributed by atoms with E-state index in [1.165, 1.54) is 0 Å². The van der Waals surface area contributed by atoms with E-state index in [2.05, 4.69) is 15.4 Å². The van der Waals surface area contributed by atoms with Crippen molar-refractivity contribution in [2.75, 3.05) is 6.61 Å². The smallest absolute Gasteiger partial charge is 0.223 e. The molecule has 0 atom stereocenters. The van der Waals surface area contributed by atoms with Crippen LogP contribution < -0.4 is 10.1 Å². The number of nitrogens with zero attached hydrogens (tertiary/aromatic N) is 3. The van der Waals surface area contributed by atoms with Crippen LogP contribution in [0.1, 0.15) is 12.0 Å². The minimum absolute atomic E-state index is 0.0774. The number of amides is 1. The van der Waals surface area contributed by atoms with Crippen LogP contribution in [0.3, 0.4) is 0 Å². The predicted octanol–water partition coefficient (Wildman–Crippen LogP) is 3.01. The van der Waals surface area contributed by atoms with Gasteiger partial charge in [0.25, 0.3) is 0 Å². The minimum atomic E-state index is -0.0774. The number of hydrogen-bond donors (Lipinski definition) is 1. The molecule has 3 aromatic rings. The Morgan fingerprint density at radius 2 is 2.04 bits per heavy atom. The lowest BCUT2D eigenvalue weighted by atomic mass is 10.2. The van der Waals surface area contributed by atoms with Crippen LogP contribution in [0.2, 0.25) is 5.02 Å². The molecule has 0 aliphatic carbocycles. The summed E-state index contributed by atoms with van der Waals surface area (Å²) in [7, 11) is 0. The average molecular weight is 357 g/mol. The monoisotopic (exact) mass is 356 g/mol. The molecule has 1 aromatic carbocycles. The molecule has 0 aliphatic heterocycles. The van der Waals surface area contributed by atoms with Gasteiger partial charge in [-0.05, 0) is 48.0 Å². The highest BCUT2D eigenvalue weighted by Crippen LogP contribution is 2.15. The lowest BCUT2D eigenvalue weighted by molar-refractivity contribution is -0.121. The van der Waals surface area contributed by atoms with Crippen molar-refractivity contribution in [3.05, 3.63) is 71.6 Å².